The minimum atomic E-state index is -3.12. The van der Waals surface area contributed by atoms with Crippen LogP contribution in [0.25, 0.3) is 10.9 Å². The minimum absolute atomic E-state index is 0.371. The lowest BCUT2D eigenvalue weighted by atomic mass is 10.2. The van der Waals surface area contributed by atoms with Crippen molar-refractivity contribution in [1.29, 1.82) is 0 Å². The Hall–Kier alpha value is -1.29. The smallest absolute Gasteiger partial charge is 0.175 e. The molecule has 0 saturated heterocycles. The molecule has 1 aromatic heterocycles. The van der Waals surface area contributed by atoms with E-state index >= 15 is 0 Å². The summed E-state index contributed by atoms with van der Waals surface area (Å²) in [6.45, 7) is 2.02. The minimum Gasteiger partial charge on any atom is -0.350 e. The monoisotopic (exact) mass is 223 g/mol. The number of sulfone groups is 1. The van der Waals surface area contributed by atoms with Crippen LogP contribution in [0.4, 0.5) is 0 Å². The van der Waals surface area contributed by atoms with Crippen molar-refractivity contribution in [1.82, 2.24) is 4.57 Å². The van der Waals surface area contributed by atoms with E-state index in [2.05, 4.69) is 0 Å². The Morgan fingerprint density at radius 3 is 2.53 bits per heavy atom. The maximum atomic E-state index is 11.4. The summed E-state index contributed by atoms with van der Waals surface area (Å²) in [7, 11) is -1.20. The second-order valence-electron chi connectivity index (χ2n) is 3.87. The first kappa shape index (κ1) is 10.2. The van der Waals surface area contributed by atoms with Crippen LogP contribution in [-0.2, 0) is 16.9 Å². The van der Waals surface area contributed by atoms with Crippen LogP contribution in [0, 0.1) is 6.92 Å². The van der Waals surface area contributed by atoms with Gasteiger partial charge in [-0.25, -0.2) is 8.42 Å². The van der Waals surface area contributed by atoms with Crippen LogP contribution >= 0.6 is 0 Å². The highest BCUT2D eigenvalue weighted by Crippen LogP contribution is 2.23. The Kier molecular flexibility index (Phi) is 2.12. The molecule has 15 heavy (non-hydrogen) atoms. The van der Waals surface area contributed by atoms with Gasteiger partial charge in [-0.15, -0.1) is 0 Å². The number of benzene rings is 1. The largest absolute Gasteiger partial charge is 0.350 e. The van der Waals surface area contributed by atoms with Crippen LogP contribution in [0.15, 0.2) is 29.3 Å². The third-order valence-corrected chi connectivity index (χ3v) is 3.70. The molecule has 2 rings (SSSR count). The number of aryl methyl sites for hydroxylation is 2. The molecule has 80 valence electrons. The average molecular weight is 223 g/mol. The van der Waals surface area contributed by atoms with Gasteiger partial charge in [0.25, 0.3) is 0 Å². The number of nitrogens with zero attached hydrogens (tertiary/aromatic N) is 1. The third-order valence-electron chi connectivity index (χ3n) is 2.59. The summed E-state index contributed by atoms with van der Waals surface area (Å²) < 4.78 is 24.7. The van der Waals surface area contributed by atoms with Gasteiger partial charge in [0.2, 0.25) is 0 Å². The Bertz CT molecular complexity index is 623. The van der Waals surface area contributed by atoms with E-state index in [0.29, 0.717) is 4.90 Å². The summed E-state index contributed by atoms with van der Waals surface area (Å²) in [4.78, 5) is 0.371. The fourth-order valence-electron chi connectivity index (χ4n) is 1.80. The molecule has 0 fully saturated rings. The third kappa shape index (κ3) is 1.65. The fraction of sp³-hybridized carbons (Fsp3) is 0.273. The standard InChI is InChI=1S/C11H13NO2S/c1-8-7-12(2)11-6-9(15(3,13)14)4-5-10(8)11/h4-7H,1-3H3. The highest BCUT2D eigenvalue weighted by molar-refractivity contribution is 7.90. The van der Waals surface area contributed by atoms with E-state index in [1.54, 1.807) is 12.1 Å². The Labute approximate surface area is 89.3 Å². The van der Waals surface area contributed by atoms with Crippen LogP contribution < -0.4 is 0 Å². The molecule has 0 saturated carbocycles. The first-order valence-corrected chi connectivity index (χ1v) is 6.54. The van der Waals surface area contributed by atoms with E-state index in [1.807, 2.05) is 30.8 Å². The topological polar surface area (TPSA) is 39.1 Å². The van der Waals surface area contributed by atoms with Gasteiger partial charge >= 0.3 is 0 Å². The van der Waals surface area contributed by atoms with Gasteiger partial charge in [-0.1, -0.05) is 6.07 Å². The van der Waals surface area contributed by atoms with Gasteiger partial charge < -0.3 is 4.57 Å². The van der Waals surface area contributed by atoms with Crippen molar-refractivity contribution in [2.24, 2.45) is 7.05 Å². The van der Waals surface area contributed by atoms with Gasteiger partial charge in [0.1, 0.15) is 0 Å². The summed E-state index contributed by atoms with van der Waals surface area (Å²) in [5.74, 6) is 0. The van der Waals surface area contributed by atoms with Crippen molar-refractivity contribution in [2.45, 2.75) is 11.8 Å². The maximum absolute atomic E-state index is 11.4. The van der Waals surface area contributed by atoms with Gasteiger partial charge in [-0.05, 0) is 24.6 Å². The van der Waals surface area contributed by atoms with Crippen molar-refractivity contribution in [3.8, 4) is 0 Å². The Balaban J connectivity index is 2.82. The molecule has 0 aliphatic rings. The maximum Gasteiger partial charge on any atom is 0.175 e. The fourth-order valence-corrected chi connectivity index (χ4v) is 2.44. The molecule has 2 aromatic rings. The number of hydrogen-bond donors (Lipinski definition) is 0. The van der Waals surface area contributed by atoms with Crippen LogP contribution in [0.2, 0.25) is 0 Å². The molecule has 3 nitrogen and oxygen atoms in total. The average Bonchev–Trinajstić information content (AvgIpc) is 2.41. The summed E-state index contributed by atoms with van der Waals surface area (Å²) >= 11 is 0. The molecule has 0 N–H and O–H groups in total. The lowest BCUT2D eigenvalue weighted by molar-refractivity contribution is 0.602. The molecule has 1 aromatic carbocycles. The Morgan fingerprint density at radius 2 is 1.93 bits per heavy atom. The number of aromatic nitrogens is 1. The highest BCUT2D eigenvalue weighted by atomic mass is 32.2. The lowest BCUT2D eigenvalue weighted by Gasteiger charge is -2.00. The molecule has 1 heterocycles. The highest BCUT2D eigenvalue weighted by Gasteiger charge is 2.10. The van der Waals surface area contributed by atoms with Gasteiger partial charge in [0.05, 0.1) is 4.90 Å². The van der Waals surface area contributed by atoms with Gasteiger partial charge in [0, 0.05) is 30.4 Å². The summed E-state index contributed by atoms with van der Waals surface area (Å²) in [5, 5.41) is 1.10. The molecule has 0 radical (unpaired) electrons. The zero-order valence-electron chi connectivity index (χ0n) is 8.98. The number of rotatable bonds is 1. The van der Waals surface area contributed by atoms with Crippen LogP contribution in [0.5, 0.6) is 0 Å². The molecule has 0 unspecified atom stereocenters. The predicted molar refractivity (Wildman–Crippen MR) is 60.8 cm³/mol. The first-order chi connectivity index (χ1) is 6.89. The van der Waals surface area contributed by atoms with Gasteiger partial charge in [-0.3, -0.25) is 0 Å². The van der Waals surface area contributed by atoms with Crippen molar-refractivity contribution in [3.05, 3.63) is 30.0 Å². The van der Waals surface area contributed by atoms with Crippen molar-refractivity contribution >= 4 is 20.7 Å². The van der Waals surface area contributed by atoms with E-state index in [9.17, 15) is 8.42 Å². The molecule has 0 amide bonds. The van der Waals surface area contributed by atoms with E-state index in [1.165, 1.54) is 6.26 Å². The molecule has 4 heteroatoms. The number of fused-ring (bicyclic) bond motifs is 1. The van der Waals surface area contributed by atoms with Crippen LogP contribution in [0.3, 0.4) is 0 Å². The predicted octanol–water partition coefficient (Wildman–Crippen LogP) is 1.89. The van der Waals surface area contributed by atoms with E-state index in [4.69, 9.17) is 0 Å². The zero-order valence-corrected chi connectivity index (χ0v) is 9.80. The summed E-state index contributed by atoms with van der Waals surface area (Å²) in [5.41, 5.74) is 2.11. The molecule has 0 spiro atoms. The van der Waals surface area contributed by atoms with Gasteiger partial charge in [0.15, 0.2) is 9.84 Å². The molecular weight excluding hydrogens is 210 g/mol. The Morgan fingerprint density at radius 1 is 1.27 bits per heavy atom. The van der Waals surface area contributed by atoms with Crippen LogP contribution in [-0.4, -0.2) is 19.2 Å². The molecule has 0 aliphatic carbocycles. The van der Waals surface area contributed by atoms with Crippen molar-refractivity contribution < 1.29 is 8.42 Å². The lowest BCUT2D eigenvalue weighted by Crippen LogP contribution is -1.97. The SMILES string of the molecule is Cc1cn(C)c2cc(S(C)(=O)=O)ccc12. The second kappa shape index (κ2) is 3.10. The zero-order chi connectivity index (χ0) is 11.2. The van der Waals surface area contributed by atoms with E-state index < -0.39 is 9.84 Å². The quantitative estimate of drug-likeness (QED) is 0.740. The van der Waals surface area contributed by atoms with E-state index in [0.717, 1.165) is 16.5 Å². The summed E-state index contributed by atoms with van der Waals surface area (Å²) in [6, 6.07) is 5.24. The van der Waals surface area contributed by atoms with E-state index in [-0.39, 0.29) is 0 Å². The molecule has 0 bridgehead atoms. The molecular formula is C11H13NO2S. The molecule has 0 atom stereocenters. The first-order valence-electron chi connectivity index (χ1n) is 4.65. The van der Waals surface area contributed by atoms with Crippen LogP contribution in [0.1, 0.15) is 5.56 Å². The second-order valence-corrected chi connectivity index (χ2v) is 5.89. The van der Waals surface area contributed by atoms with Crippen molar-refractivity contribution in [3.63, 3.8) is 0 Å². The summed E-state index contributed by atoms with van der Waals surface area (Å²) in [6.07, 6.45) is 3.22. The molecule has 0 aliphatic heterocycles. The number of hydrogen-bond acceptors (Lipinski definition) is 2. The normalized spacial score (nSPS) is 12.2. The van der Waals surface area contributed by atoms with Crippen molar-refractivity contribution in [2.75, 3.05) is 6.26 Å². The van der Waals surface area contributed by atoms with Gasteiger partial charge in [-0.2, -0.15) is 0 Å².